The number of amides is 1. The maximum absolute atomic E-state index is 12.4. The SMILES string of the molecule is CCCn1ncnc1-c1cccc(C(=O)NCCc2nc(N)cc(=O)[nH]2)c1. The van der Waals surface area contributed by atoms with E-state index in [-0.39, 0.29) is 17.3 Å². The minimum Gasteiger partial charge on any atom is -0.383 e. The molecule has 0 aliphatic carbocycles. The number of aromatic amines is 1. The van der Waals surface area contributed by atoms with Crippen LogP contribution in [0.25, 0.3) is 11.4 Å². The topological polar surface area (TPSA) is 132 Å². The molecule has 0 fully saturated rings. The Kier molecular flexibility index (Phi) is 5.60. The molecule has 0 spiro atoms. The molecule has 4 N–H and O–H groups in total. The maximum Gasteiger partial charge on any atom is 0.252 e. The Bertz CT molecular complexity index is 993. The Labute approximate surface area is 155 Å². The van der Waals surface area contributed by atoms with E-state index in [0.717, 1.165) is 24.4 Å². The molecule has 0 radical (unpaired) electrons. The van der Waals surface area contributed by atoms with Gasteiger partial charge in [0.25, 0.3) is 11.5 Å². The summed E-state index contributed by atoms with van der Waals surface area (Å²) in [6.07, 6.45) is 2.82. The van der Waals surface area contributed by atoms with Gasteiger partial charge in [-0.25, -0.2) is 14.6 Å². The molecule has 0 aliphatic rings. The minimum atomic E-state index is -0.312. The lowest BCUT2D eigenvalue weighted by atomic mass is 10.1. The normalized spacial score (nSPS) is 10.7. The predicted octanol–water partition coefficient (Wildman–Crippen LogP) is 0.993. The van der Waals surface area contributed by atoms with Crippen LogP contribution in [0.1, 0.15) is 29.5 Å². The summed E-state index contributed by atoms with van der Waals surface area (Å²) in [5, 5.41) is 7.03. The molecule has 0 saturated carbocycles. The number of nitrogens with zero attached hydrogens (tertiary/aromatic N) is 4. The van der Waals surface area contributed by atoms with Crippen molar-refractivity contribution in [1.82, 2.24) is 30.0 Å². The number of carbonyl (C=O) groups excluding carboxylic acids is 1. The maximum atomic E-state index is 12.4. The summed E-state index contributed by atoms with van der Waals surface area (Å²) in [6.45, 7) is 3.15. The van der Waals surface area contributed by atoms with Crippen molar-refractivity contribution in [2.75, 3.05) is 12.3 Å². The number of nitrogen functional groups attached to an aromatic ring is 1. The number of aromatic nitrogens is 5. The number of rotatable bonds is 7. The first kappa shape index (κ1) is 18.3. The summed E-state index contributed by atoms with van der Waals surface area (Å²) < 4.78 is 1.82. The van der Waals surface area contributed by atoms with Gasteiger partial charge in [0.2, 0.25) is 0 Å². The zero-order chi connectivity index (χ0) is 19.2. The molecule has 27 heavy (non-hydrogen) atoms. The molecule has 0 bridgehead atoms. The van der Waals surface area contributed by atoms with Gasteiger partial charge < -0.3 is 16.0 Å². The molecule has 0 atom stereocenters. The van der Waals surface area contributed by atoms with E-state index in [1.165, 1.54) is 12.4 Å². The van der Waals surface area contributed by atoms with Crippen LogP contribution >= 0.6 is 0 Å². The number of hydrogen-bond acceptors (Lipinski definition) is 6. The predicted molar refractivity (Wildman–Crippen MR) is 101 cm³/mol. The van der Waals surface area contributed by atoms with E-state index < -0.39 is 0 Å². The van der Waals surface area contributed by atoms with Crippen LogP contribution in [-0.4, -0.2) is 37.2 Å². The highest BCUT2D eigenvalue weighted by molar-refractivity contribution is 5.95. The first-order valence-electron chi connectivity index (χ1n) is 8.69. The van der Waals surface area contributed by atoms with Crippen molar-refractivity contribution in [2.45, 2.75) is 26.3 Å². The van der Waals surface area contributed by atoms with Gasteiger partial charge in [0.15, 0.2) is 5.82 Å². The molecule has 3 rings (SSSR count). The Morgan fingerprint density at radius 2 is 2.19 bits per heavy atom. The van der Waals surface area contributed by atoms with Gasteiger partial charge >= 0.3 is 0 Å². The number of anilines is 1. The van der Waals surface area contributed by atoms with Crippen molar-refractivity contribution >= 4 is 11.7 Å². The van der Waals surface area contributed by atoms with Gasteiger partial charge in [-0.1, -0.05) is 19.1 Å². The fourth-order valence-electron chi connectivity index (χ4n) is 2.71. The van der Waals surface area contributed by atoms with Crippen molar-refractivity contribution in [3.8, 4) is 11.4 Å². The Hall–Kier alpha value is -3.49. The molecule has 0 aliphatic heterocycles. The Morgan fingerprint density at radius 3 is 2.96 bits per heavy atom. The third kappa shape index (κ3) is 4.57. The second kappa shape index (κ2) is 8.26. The minimum absolute atomic E-state index is 0.156. The molecular weight excluding hydrogens is 346 g/mol. The van der Waals surface area contributed by atoms with Crippen molar-refractivity contribution in [1.29, 1.82) is 0 Å². The van der Waals surface area contributed by atoms with Crippen molar-refractivity contribution < 1.29 is 4.79 Å². The highest BCUT2D eigenvalue weighted by Gasteiger charge is 2.11. The second-order valence-corrected chi connectivity index (χ2v) is 6.01. The summed E-state index contributed by atoms with van der Waals surface area (Å²) in [5.74, 6) is 1.10. The number of aryl methyl sites for hydroxylation is 1. The van der Waals surface area contributed by atoms with Crippen molar-refractivity contribution in [2.24, 2.45) is 0 Å². The van der Waals surface area contributed by atoms with Crippen LogP contribution in [0.2, 0.25) is 0 Å². The van der Waals surface area contributed by atoms with Crippen LogP contribution in [0.5, 0.6) is 0 Å². The molecule has 2 aromatic heterocycles. The number of nitrogens with two attached hydrogens (primary N) is 1. The number of nitrogens with one attached hydrogen (secondary N) is 2. The van der Waals surface area contributed by atoms with Crippen molar-refractivity contribution in [3.63, 3.8) is 0 Å². The van der Waals surface area contributed by atoms with Crippen molar-refractivity contribution in [3.05, 3.63) is 58.4 Å². The Morgan fingerprint density at radius 1 is 1.33 bits per heavy atom. The van der Waals surface area contributed by atoms with Crippen LogP contribution in [0.15, 0.2) is 41.5 Å². The van der Waals surface area contributed by atoms with E-state index in [9.17, 15) is 9.59 Å². The summed E-state index contributed by atoms with van der Waals surface area (Å²) in [6, 6.07) is 8.44. The third-order valence-corrected chi connectivity index (χ3v) is 3.89. The third-order valence-electron chi connectivity index (χ3n) is 3.89. The number of carbonyl (C=O) groups is 1. The molecular formula is C18H21N7O2. The highest BCUT2D eigenvalue weighted by Crippen LogP contribution is 2.18. The lowest BCUT2D eigenvalue weighted by Crippen LogP contribution is -2.27. The van der Waals surface area contributed by atoms with Crippen LogP contribution in [0, 0.1) is 0 Å². The molecule has 1 aromatic carbocycles. The van der Waals surface area contributed by atoms with Crippen LogP contribution in [-0.2, 0) is 13.0 Å². The van der Waals surface area contributed by atoms with Gasteiger partial charge in [-0.05, 0) is 18.6 Å². The smallest absolute Gasteiger partial charge is 0.252 e. The van der Waals surface area contributed by atoms with Gasteiger partial charge in [0.1, 0.15) is 18.0 Å². The zero-order valence-corrected chi connectivity index (χ0v) is 15.0. The zero-order valence-electron chi connectivity index (χ0n) is 15.0. The van der Waals surface area contributed by atoms with E-state index in [0.29, 0.717) is 24.4 Å². The van der Waals surface area contributed by atoms with E-state index in [4.69, 9.17) is 5.73 Å². The van der Waals surface area contributed by atoms with Gasteiger partial charge in [0, 0.05) is 36.7 Å². The monoisotopic (exact) mass is 367 g/mol. The lowest BCUT2D eigenvalue weighted by Gasteiger charge is -2.08. The van der Waals surface area contributed by atoms with Crippen LogP contribution < -0.4 is 16.6 Å². The van der Waals surface area contributed by atoms with Crippen LogP contribution in [0.4, 0.5) is 5.82 Å². The van der Waals surface area contributed by atoms with E-state index in [1.54, 1.807) is 12.1 Å². The molecule has 3 aromatic rings. The summed E-state index contributed by atoms with van der Waals surface area (Å²) in [4.78, 5) is 34.7. The van der Waals surface area contributed by atoms with E-state index >= 15 is 0 Å². The second-order valence-electron chi connectivity index (χ2n) is 6.01. The molecule has 1 amide bonds. The summed E-state index contributed by atoms with van der Waals surface area (Å²) in [7, 11) is 0. The fraction of sp³-hybridized carbons (Fsp3) is 0.278. The van der Waals surface area contributed by atoms with E-state index in [1.807, 2.05) is 16.8 Å². The molecule has 9 nitrogen and oxygen atoms in total. The first-order chi connectivity index (χ1) is 13.1. The molecule has 0 unspecified atom stereocenters. The summed E-state index contributed by atoms with van der Waals surface area (Å²) >= 11 is 0. The average molecular weight is 367 g/mol. The lowest BCUT2D eigenvalue weighted by molar-refractivity contribution is 0.0954. The van der Waals surface area contributed by atoms with Gasteiger partial charge in [-0.3, -0.25) is 9.59 Å². The van der Waals surface area contributed by atoms with E-state index in [2.05, 4.69) is 32.3 Å². The van der Waals surface area contributed by atoms with Crippen LogP contribution in [0.3, 0.4) is 0 Å². The van der Waals surface area contributed by atoms with Gasteiger partial charge in [-0.2, -0.15) is 5.10 Å². The van der Waals surface area contributed by atoms with Gasteiger partial charge in [0.05, 0.1) is 0 Å². The molecule has 9 heteroatoms. The fourth-order valence-corrected chi connectivity index (χ4v) is 2.71. The summed E-state index contributed by atoms with van der Waals surface area (Å²) in [5.41, 5.74) is 6.58. The largest absolute Gasteiger partial charge is 0.383 e. The standard InChI is InChI=1S/C18H21N7O2/c1-2-8-25-17(21-11-22-25)12-4-3-5-13(9-12)18(27)20-7-6-15-23-14(19)10-16(26)24-15/h3-5,9-11H,2,6-8H2,1H3,(H,20,27)(H3,19,23,24,26). The molecule has 140 valence electrons. The molecule has 2 heterocycles. The highest BCUT2D eigenvalue weighted by atomic mass is 16.1. The number of hydrogen-bond donors (Lipinski definition) is 3. The average Bonchev–Trinajstić information content (AvgIpc) is 3.09. The van der Waals surface area contributed by atoms with Gasteiger partial charge in [-0.15, -0.1) is 0 Å². The quantitative estimate of drug-likeness (QED) is 0.571. The first-order valence-corrected chi connectivity index (χ1v) is 8.69. The number of benzene rings is 1. The Balaban J connectivity index is 1.66. The number of H-pyrrole nitrogens is 1. The molecule has 0 saturated heterocycles.